The maximum absolute atomic E-state index is 12.6. The highest BCUT2D eigenvalue weighted by molar-refractivity contribution is 5.30. The molecule has 1 aromatic heterocycles. The summed E-state index contributed by atoms with van der Waals surface area (Å²) in [5.74, 6) is 0.0637. The van der Waals surface area contributed by atoms with Crippen LogP contribution in [-0.4, -0.2) is 11.5 Å². The normalized spacial score (nSPS) is 25.3. The van der Waals surface area contributed by atoms with Crippen molar-refractivity contribution in [1.82, 2.24) is 4.98 Å². The van der Waals surface area contributed by atoms with E-state index in [2.05, 4.69) is 4.98 Å². The van der Waals surface area contributed by atoms with Crippen LogP contribution in [0.3, 0.4) is 0 Å². The van der Waals surface area contributed by atoms with E-state index in [1.54, 1.807) is 0 Å². The molecule has 2 atom stereocenters. The van der Waals surface area contributed by atoms with Crippen LogP contribution < -0.4 is 5.73 Å². The Morgan fingerprint density at radius 1 is 1.47 bits per heavy atom. The molecule has 0 bridgehead atoms. The first kappa shape index (κ1) is 10.4. The van der Waals surface area contributed by atoms with Gasteiger partial charge >= 0.3 is 6.18 Å². The molecule has 0 unspecified atom stereocenters. The van der Waals surface area contributed by atoms with E-state index in [1.165, 1.54) is 12.3 Å². The summed E-state index contributed by atoms with van der Waals surface area (Å²) in [4.78, 5) is 3.83. The lowest BCUT2D eigenvalue weighted by Gasteiger charge is -2.10. The van der Waals surface area contributed by atoms with Crippen LogP contribution in [0.1, 0.15) is 23.6 Å². The van der Waals surface area contributed by atoms with E-state index in [9.17, 15) is 13.2 Å². The summed E-state index contributed by atoms with van der Waals surface area (Å²) in [6.07, 6.45) is -2.20. The highest BCUT2D eigenvalue weighted by atomic mass is 19.4. The molecule has 1 fully saturated rings. The lowest BCUT2D eigenvalue weighted by molar-refractivity contribution is -0.138. The van der Waals surface area contributed by atoms with E-state index < -0.39 is 11.7 Å². The van der Waals surface area contributed by atoms with Gasteiger partial charge in [-0.15, -0.1) is 0 Å². The third kappa shape index (κ3) is 1.97. The summed E-state index contributed by atoms with van der Waals surface area (Å²) in [6, 6.07) is 2.39. The molecular formula is C10H11F3N2. The van der Waals surface area contributed by atoms with Crippen molar-refractivity contribution in [3.63, 3.8) is 0 Å². The zero-order chi connectivity index (χ0) is 11.1. The molecule has 2 rings (SSSR count). The Morgan fingerprint density at radius 2 is 2.20 bits per heavy atom. The number of nitrogens with two attached hydrogens (primary N) is 1. The third-order valence-corrected chi connectivity index (χ3v) is 2.72. The molecule has 2 N–H and O–H groups in total. The fraction of sp³-hybridized carbons (Fsp3) is 0.500. The molecule has 1 aromatic rings. The first-order valence-corrected chi connectivity index (χ1v) is 4.76. The van der Waals surface area contributed by atoms with E-state index in [0.29, 0.717) is 6.54 Å². The molecule has 1 aliphatic rings. The first-order valence-electron chi connectivity index (χ1n) is 4.76. The van der Waals surface area contributed by atoms with Gasteiger partial charge in [-0.3, -0.25) is 4.98 Å². The highest BCUT2D eigenvalue weighted by Gasteiger charge is 2.44. The molecule has 1 saturated carbocycles. The number of aromatic nitrogens is 1. The van der Waals surface area contributed by atoms with Gasteiger partial charge in [0.15, 0.2) is 0 Å². The van der Waals surface area contributed by atoms with Crippen LogP contribution in [0.2, 0.25) is 0 Å². The number of halogens is 3. The highest BCUT2D eigenvalue weighted by Crippen LogP contribution is 2.49. The molecule has 15 heavy (non-hydrogen) atoms. The van der Waals surface area contributed by atoms with Gasteiger partial charge in [0, 0.05) is 12.1 Å². The fourth-order valence-corrected chi connectivity index (χ4v) is 1.80. The van der Waals surface area contributed by atoms with Crippen molar-refractivity contribution in [1.29, 1.82) is 0 Å². The van der Waals surface area contributed by atoms with Crippen molar-refractivity contribution < 1.29 is 13.2 Å². The van der Waals surface area contributed by atoms with Crippen LogP contribution >= 0.6 is 0 Å². The van der Waals surface area contributed by atoms with Crippen LogP contribution in [0.5, 0.6) is 0 Å². The van der Waals surface area contributed by atoms with Crippen molar-refractivity contribution in [3.8, 4) is 0 Å². The first-order chi connectivity index (χ1) is 7.04. The number of hydrogen-bond donors (Lipinski definition) is 1. The second-order valence-corrected chi connectivity index (χ2v) is 3.77. The quantitative estimate of drug-likeness (QED) is 0.822. The summed E-state index contributed by atoms with van der Waals surface area (Å²) in [5.41, 5.74) is 4.95. The Bertz CT molecular complexity index is 362. The second kappa shape index (κ2) is 3.48. The van der Waals surface area contributed by atoms with Gasteiger partial charge in [0.05, 0.1) is 11.3 Å². The Kier molecular flexibility index (Phi) is 2.42. The van der Waals surface area contributed by atoms with Crippen LogP contribution in [0.15, 0.2) is 18.3 Å². The van der Waals surface area contributed by atoms with Gasteiger partial charge in [-0.2, -0.15) is 13.2 Å². The van der Waals surface area contributed by atoms with Crippen LogP contribution in [0.4, 0.5) is 13.2 Å². The SMILES string of the molecule is NC[C@@H]1C[C@H]1c1ncccc1C(F)(F)F. The monoisotopic (exact) mass is 216 g/mol. The van der Waals surface area contributed by atoms with Crippen molar-refractivity contribution >= 4 is 0 Å². The van der Waals surface area contributed by atoms with Crippen LogP contribution in [-0.2, 0) is 6.18 Å². The Labute approximate surface area is 85.3 Å². The van der Waals surface area contributed by atoms with Gasteiger partial charge in [0.2, 0.25) is 0 Å². The topological polar surface area (TPSA) is 38.9 Å². The van der Waals surface area contributed by atoms with Crippen molar-refractivity contribution in [2.24, 2.45) is 11.7 Å². The average molecular weight is 216 g/mol. The van der Waals surface area contributed by atoms with Gasteiger partial charge < -0.3 is 5.73 Å². The van der Waals surface area contributed by atoms with Gasteiger partial charge in [-0.1, -0.05) is 0 Å². The molecule has 1 aliphatic carbocycles. The molecule has 0 aromatic carbocycles. The molecule has 5 heteroatoms. The predicted molar refractivity (Wildman–Crippen MR) is 49.1 cm³/mol. The Hall–Kier alpha value is -1.10. The summed E-state index contributed by atoms with van der Waals surface area (Å²) in [6.45, 7) is 0.429. The maximum atomic E-state index is 12.6. The van der Waals surface area contributed by atoms with Gasteiger partial charge in [-0.25, -0.2) is 0 Å². The van der Waals surface area contributed by atoms with Crippen LogP contribution in [0, 0.1) is 5.92 Å². The van der Waals surface area contributed by atoms with Gasteiger partial charge in [0.25, 0.3) is 0 Å². The minimum atomic E-state index is -4.31. The molecule has 0 radical (unpaired) electrons. The van der Waals surface area contributed by atoms with Crippen molar-refractivity contribution in [2.45, 2.75) is 18.5 Å². The Morgan fingerprint density at radius 3 is 2.73 bits per heavy atom. The van der Waals surface area contributed by atoms with E-state index in [0.717, 1.165) is 12.5 Å². The molecule has 1 heterocycles. The van der Waals surface area contributed by atoms with E-state index in [1.807, 2.05) is 0 Å². The molecule has 0 aliphatic heterocycles. The molecule has 0 spiro atoms. The number of hydrogen-bond acceptors (Lipinski definition) is 2. The van der Waals surface area contributed by atoms with E-state index in [4.69, 9.17) is 5.73 Å². The zero-order valence-electron chi connectivity index (χ0n) is 7.96. The van der Waals surface area contributed by atoms with Crippen LogP contribution in [0.25, 0.3) is 0 Å². The smallest absolute Gasteiger partial charge is 0.330 e. The molecule has 2 nitrogen and oxygen atoms in total. The number of pyridine rings is 1. The van der Waals surface area contributed by atoms with Crippen molar-refractivity contribution in [3.05, 3.63) is 29.6 Å². The van der Waals surface area contributed by atoms with Gasteiger partial charge in [-0.05, 0) is 31.0 Å². The van der Waals surface area contributed by atoms with Crippen molar-refractivity contribution in [2.75, 3.05) is 6.54 Å². The summed E-state index contributed by atoms with van der Waals surface area (Å²) >= 11 is 0. The Balaban J connectivity index is 2.32. The predicted octanol–water partition coefficient (Wildman–Crippen LogP) is 2.16. The van der Waals surface area contributed by atoms with E-state index >= 15 is 0 Å². The maximum Gasteiger partial charge on any atom is 0.418 e. The summed E-state index contributed by atoms with van der Waals surface area (Å²) in [7, 11) is 0. The molecule has 0 saturated heterocycles. The lowest BCUT2D eigenvalue weighted by Crippen LogP contribution is -2.11. The summed E-state index contributed by atoms with van der Waals surface area (Å²) in [5, 5.41) is 0. The molecular weight excluding hydrogens is 205 g/mol. The fourth-order valence-electron chi connectivity index (χ4n) is 1.80. The molecule has 82 valence electrons. The summed E-state index contributed by atoms with van der Waals surface area (Å²) < 4.78 is 37.8. The van der Waals surface area contributed by atoms with E-state index in [-0.39, 0.29) is 17.5 Å². The van der Waals surface area contributed by atoms with Gasteiger partial charge in [0.1, 0.15) is 0 Å². The number of rotatable bonds is 2. The largest absolute Gasteiger partial charge is 0.418 e. The zero-order valence-corrected chi connectivity index (χ0v) is 7.96. The number of nitrogens with zero attached hydrogens (tertiary/aromatic N) is 1. The second-order valence-electron chi connectivity index (χ2n) is 3.77. The lowest BCUT2D eigenvalue weighted by atomic mass is 10.1. The molecule has 0 amide bonds. The third-order valence-electron chi connectivity index (χ3n) is 2.72. The average Bonchev–Trinajstić information content (AvgIpc) is 2.95. The minimum absolute atomic E-state index is 0.104. The number of alkyl halides is 3. The minimum Gasteiger partial charge on any atom is -0.330 e. The standard InChI is InChI=1S/C10H11F3N2/c11-10(12,13)8-2-1-3-15-9(8)7-4-6(7)5-14/h1-3,6-7H,4-5,14H2/t6-,7+/m0/s1.